The van der Waals surface area contributed by atoms with Gasteiger partial charge in [-0.1, -0.05) is 19.1 Å². The number of aliphatic hydroxyl groups is 2. The Labute approximate surface area is 109 Å². The number of alkyl carbamates (subject to hydrolysis) is 1. The first-order chi connectivity index (χ1) is 8.30. The monoisotopic (exact) mass is 259 g/mol. The van der Waals surface area contributed by atoms with Crippen LogP contribution in [0.4, 0.5) is 4.79 Å². The molecule has 18 heavy (non-hydrogen) atoms. The zero-order valence-corrected chi connectivity index (χ0v) is 11.6. The van der Waals surface area contributed by atoms with Gasteiger partial charge in [-0.2, -0.15) is 0 Å². The summed E-state index contributed by atoms with van der Waals surface area (Å²) in [5, 5.41) is 21.1. The predicted octanol–water partition coefficient (Wildman–Crippen LogP) is 1.59. The maximum Gasteiger partial charge on any atom is 0.408 e. The van der Waals surface area contributed by atoms with Crippen LogP contribution in [0.5, 0.6) is 0 Å². The third-order valence-corrected chi connectivity index (χ3v) is 2.16. The molecule has 3 N–H and O–H groups in total. The molecule has 2 atom stereocenters. The summed E-state index contributed by atoms with van der Waals surface area (Å²) in [6.07, 6.45) is 3.17. The molecule has 0 aliphatic carbocycles. The van der Waals surface area contributed by atoms with Gasteiger partial charge in [0, 0.05) is 6.61 Å². The Morgan fingerprint density at radius 2 is 2.06 bits per heavy atom. The van der Waals surface area contributed by atoms with Crippen LogP contribution in [0.15, 0.2) is 12.2 Å². The van der Waals surface area contributed by atoms with Crippen LogP contribution in [0.3, 0.4) is 0 Å². The molecule has 0 aliphatic heterocycles. The smallest absolute Gasteiger partial charge is 0.408 e. The molecule has 0 bridgehead atoms. The van der Waals surface area contributed by atoms with Crippen LogP contribution in [0.2, 0.25) is 0 Å². The molecule has 5 heteroatoms. The summed E-state index contributed by atoms with van der Waals surface area (Å²) in [7, 11) is 0. The highest BCUT2D eigenvalue weighted by Crippen LogP contribution is 2.08. The molecule has 0 saturated carbocycles. The normalized spacial score (nSPS) is 15.4. The Balaban J connectivity index is 4.45. The summed E-state index contributed by atoms with van der Waals surface area (Å²) in [5.74, 6) is 0. The van der Waals surface area contributed by atoms with Crippen LogP contribution in [0, 0.1) is 0 Å². The maximum atomic E-state index is 11.6. The van der Waals surface area contributed by atoms with Crippen molar-refractivity contribution in [1.82, 2.24) is 5.32 Å². The number of carbonyl (C=O) groups is 1. The summed E-state index contributed by atoms with van der Waals surface area (Å²) in [5.41, 5.74) is -0.569. The van der Waals surface area contributed by atoms with Crippen molar-refractivity contribution in [3.05, 3.63) is 12.2 Å². The Bertz CT molecular complexity index is 271. The van der Waals surface area contributed by atoms with Crippen molar-refractivity contribution < 1.29 is 19.7 Å². The van der Waals surface area contributed by atoms with E-state index in [4.69, 9.17) is 9.84 Å². The molecule has 0 radical (unpaired) electrons. The van der Waals surface area contributed by atoms with E-state index in [1.165, 1.54) is 0 Å². The third kappa shape index (κ3) is 8.08. The number of hydrogen-bond donors (Lipinski definition) is 3. The lowest BCUT2D eigenvalue weighted by Crippen LogP contribution is -2.44. The quantitative estimate of drug-likeness (QED) is 0.633. The number of aliphatic hydroxyl groups excluding tert-OH is 2. The average molecular weight is 259 g/mol. The summed E-state index contributed by atoms with van der Waals surface area (Å²) >= 11 is 0. The highest BCUT2D eigenvalue weighted by molar-refractivity contribution is 5.68. The van der Waals surface area contributed by atoms with Crippen molar-refractivity contribution in [2.75, 3.05) is 6.61 Å². The van der Waals surface area contributed by atoms with Crippen LogP contribution in [0.1, 0.15) is 40.5 Å². The fraction of sp³-hybridized carbons (Fsp3) is 0.769. The van der Waals surface area contributed by atoms with Crippen molar-refractivity contribution in [3.8, 4) is 0 Å². The van der Waals surface area contributed by atoms with Gasteiger partial charge < -0.3 is 20.3 Å². The van der Waals surface area contributed by atoms with Gasteiger partial charge in [-0.25, -0.2) is 4.79 Å². The molecule has 0 spiro atoms. The van der Waals surface area contributed by atoms with E-state index in [2.05, 4.69) is 5.32 Å². The molecule has 5 nitrogen and oxygen atoms in total. The van der Waals surface area contributed by atoms with Gasteiger partial charge in [0.05, 0.1) is 12.1 Å². The van der Waals surface area contributed by atoms with E-state index in [0.29, 0.717) is 12.8 Å². The number of carbonyl (C=O) groups excluding carboxylic acids is 1. The van der Waals surface area contributed by atoms with E-state index in [-0.39, 0.29) is 6.61 Å². The lowest BCUT2D eigenvalue weighted by molar-refractivity contribution is 0.0452. The molecule has 106 valence electrons. The van der Waals surface area contributed by atoms with Gasteiger partial charge in [0.25, 0.3) is 0 Å². The second kappa shape index (κ2) is 8.11. The molecular formula is C13H25NO4. The van der Waals surface area contributed by atoms with E-state index in [1.807, 2.05) is 6.92 Å². The second-order valence-electron chi connectivity index (χ2n) is 5.09. The molecule has 0 aliphatic rings. The number of hydrogen-bond acceptors (Lipinski definition) is 4. The third-order valence-electron chi connectivity index (χ3n) is 2.16. The topological polar surface area (TPSA) is 78.8 Å². The first-order valence-electron chi connectivity index (χ1n) is 6.25. The fourth-order valence-corrected chi connectivity index (χ4v) is 1.29. The maximum absolute atomic E-state index is 11.6. The Morgan fingerprint density at radius 1 is 1.44 bits per heavy atom. The summed E-state index contributed by atoms with van der Waals surface area (Å²) in [6.45, 7) is 7.20. The summed E-state index contributed by atoms with van der Waals surface area (Å²) in [6, 6.07) is -0.503. The molecule has 0 saturated heterocycles. The van der Waals surface area contributed by atoms with Crippen LogP contribution >= 0.6 is 0 Å². The van der Waals surface area contributed by atoms with Crippen molar-refractivity contribution >= 4 is 6.09 Å². The lowest BCUT2D eigenvalue weighted by atomic mass is 10.1. The van der Waals surface area contributed by atoms with E-state index in [9.17, 15) is 9.90 Å². The van der Waals surface area contributed by atoms with Gasteiger partial charge in [0.1, 0.15) is 5.60 Å². The zero-order valence-electron chi connectivity index (χ0n) is 11.6. The lowest BCUT2D eigenvalue weighted by Gasteiger charge is -2.24. The molecule has 0 aromatic carbocycles. The molecule has 0 fully saturated rings. The van der Waals surface area contributed by atoms with Gasteiger partial charge in [0.2, 0.25) is 0 Å². The van der Waals surface area contributed by atoms with Crippen LogP contribution in [-0.2, 0) is 4.74 Å². The van der Waals surface area contributed by atoms with Crippen molar-refractivity contribution in [3.63, 3.8) is 0 Å². The van der Waals surface area contributed by atoms with Gasteiger partial charge in [-0.05, 0) is 33.6 Å². The average Bonchev–Trinajstić information content (AvgIpc) is 2.24. The summed E-state index contributed by atoms with van der Waals surface area (Å²) in [4.78, 5) is 11.6. The van der Waals surface area contributed by atoms with E-state index >= 15 is 0 Å². The number of nitrogens with one attached hydrogen (secondary N) is 1. The Kier molecular flexibility index (Phi) is 7.62. The number of rotatable bonds is 6. The van der Waals surface area contributed by atoms with Crippen molar-refractivity contribution in [2.45, 2.75) is 58.3 Å². The molecule has 0 heterocycles. The Hall–Kier alpha value is -1.07. The largest absolute Gasteiger partial charge is 0.444 e. The standard InChI is InChI=1S/C13H25NO4/c1-5-11(16)10(8-6-7-9-15)14-12(17)18-13(2,3)4/h6,8,10-11,15-16H,5,7,9H2,1-4H3,(H,14,17)/b8-6+/t10-,11+/m1/s1. The number of ether oxygens (including phenoxy) is 1. The van der Waals surface area contributed by atoms with Crippen LogP contribution in [0.25, 0.3) is 0 Å². The van der Waals surface area contributed by atoms with Gasteiger partial charge in [-0.3, -0.25) is 0 Å². The second-order valence-corrected chi connectivity index (χ2v) is 5.09. The summed E-state index contributed by atoms with van der Waals surface area (Å²) < 4.78 is 5.12. The van der Waals surface area contributed by atoms with Crippen LogP contribution in [-0.4, -0.2) is 40.7 Å². The highest BCUT2D eigenvalue weighted by atomic mass is 16.6. The van der Waals surface area contributed by atoms with Crippen molar-refractivity contribution in [2.24, 2.45) is 0 Å². The highest BCUT2D eigenvalue weighted by Gasteiger charge is 2.21. The minimum Gasteiger partial charge on any atom is -0.444 e. The van der Waals surface area contributed by atoms with Gasteiger partial charge in [0.15, 0.2) is 0 Å². The van der Waals surface area contributed by atoms with Crippen molar-refractivity contribution in [1.29, 1.82) is 0 Å². The van der Waals surface area contributed by atoms with Crippen LogP contribution < -0.4 is 5.32 Å². The molecular weight excluding hydrogens is 234 g/mol. The number of amides is 1. The minimum absolute atomic E-state index is 0.0396. The molecule has 0 aromatic heterocycles. The molecule has 0 rings (SSSR count). The van der Waals surface area contributed by atoms with E-state index in [0.717, 1.165) is 0 Å². The zero-order chi connectivity index (χ0) is 14.2. The first-order valence-corrected chi connectivity index (χ1v) is 6.25. The first kappa shape index (κ1) is 16.9. The minimum atomic E-state index is -0.674. The van der Waals surface area contributed by atoms with E-state index in [1.54, 1.807) is 32.9 Å². The van der Waals surface area contributed by atoms with E-state index < -0.39 is 23.8 Å². The fourth-order valence-electron chi connectivity index (χ4n) is 1.29. The predicted molar refractivity (Wildman–Crippen MR) is 70.3 cm³/mol. The van der Waals surface area contributed by atoms with Gasteiger partial charge in [-0.15, -0.1) is 0 Å². The van der Waals surface area contributed by atoms with Gasteiger partial charge >= 0.3 is 6.09 Å². The SMILES string of the molecule is CC[C@H](O)[C@@H](/C=C/CCO)NC(=O)OC(C)(C)C. The Morgan fingerprint density at radius 3 is 2.50 bits per heavy atom. The molecule has 1 amide bonds. The molecule has 0 aromatic rings. The molecule has 0 unspecified atom stereocenters.